The lowest BCUT2D eigenvalue weighted by Crippen LogP contribution is -1.86. The van der Waals surface area contributed by atoms with Crippen LogP contribution >= 0.6 is 15.9 Å². The number of aromatic amines is 1. The van der Waals surface area contributed by atoms with Gasteiger partial charge in [0, 0.05) is 5.56 Å². The van der Waals surface area contributed by atoms with Gasteiger partial charge in [0.15, 0.2) is 6.29 Å². The number of rotatable bonds is 2. The number of hydrogen-bond acceptors (Lipinski definition) is 2. The van der Waals surface area contributed by atoms with Crippen LogP contribution in [-0.2, 0) is 0 Å². The maximum atomic E-state index is 13.2. The number of halogens is 2. The topological polar surface area (TPSA) is 45.8 Å². The monoisotopic (exact) mass is 268 g/mol. The van der Waals surface area contributed by atoms with Crippen molar-refractivity contribution in [2.75, 3.05) is 0 Å². The molecule has 1 aromatic carbocycles. The van der Waals surface area contributed by atoms with Gasteiger partial charge < -0.3 is 0 Å². The molecule has 1 heterocycles. The van der Waals surface area contributed by atoms with E-state index in [1.54, 1.807) is 12.1 Å². The van der Waals surface area contributed by atoms with Crippen molar-refractivity contribution in [1.82, 2.24) is 10.2 Å². The summed E-state index contributed by atoms with van der Waals surface area (Å²) in [5, 5.41) is 6.39. The number of aromatic nitrogens is 2. The largest absolute Gasteiger partial charge is 0.298 e. The van der Waals surface area contributed by atoms with Crippen molar-refractivity contribution < 1.29 is 9.18 Å². The van der Waals surface area contributed by atoms with E-state index in [0.29, 0.717) is 27.6 Å². The quantitative estimate of drug-likeness (QED) is 0.852. The summed E-state index contributed by atoms with van der Waals surface area (Å²) in [6.45, 7) is 0. The Morgan fingerprint density at radius 1 is 1.47 bits per heavy atom. The van der Waals surface area contributed by atoms with Gasteiger partial charge in [-0.2, -0.15) is 5.10 Å². The Labute approximate surface area is 93.4 Å². The van der Waals surface area contributed by atoms with Crippen molar-refractivity contribution in [3.63, 3.8) is 0 Å². The van der Waals surface area contributed by atoms with E-state index in [0.717, 1.165) is 0 Å². The molecule has 0 fully saturated rings. The van der Waals surface area contributed by atoms with Crippen LogP contribution in [0.1, 0.15) is 10.4 Å². The van der Waals surface area contributed by atoms with Crippen LogP contribution in [0.2, 0.25) is 0 Å². The molecule has 0 amide bonds. The number of aldehydes is 1. The van der Waals surface area contributed by atoms with E-state index in [-0.39, 0.29) is 5.82 Å². The normalized spacial score (nSPS) is 10.3. The summed E-state index contributed by atoms with van der Waals surface area (Å²) in [7, 11) is 0. The van der Waals surface area contributed by atoms with Crippen LogP contribution in [-0.4, -0.2) is 16.5 Å². The Kier molecular flexibility index (Phi) is 2.64. The highest BCUT2D eigenvalue weighted by molar-refractivity contribution is 9.10. The van der Waals surface area contributed by atoms with Gasteiger partial charge in [0.25, 0.3) is 0 Å². The molecule has 3 nitrogen and oxygen atoms in total. The molecule has 0 saturated heterocycles. The third kappa shape index (κ3) is 1.83. The summed E-state index contributed by atoms with van der Waals surface area (Å²) in [6.07, 6.45) is 2.08. The first-order chi connectivity index (χ1) is 7.22. The van der Waals surface area contributed by atoms with Crippen LogP contribution < -0.4 is 0 Å². The Balaban J connectivity index is 2.54. The predicted octanol–water partition coefficient (Wildman–Crippen LogP) is 2.79. The lowest BCUT2D eigenvalue weighted by atomic mass is 10.1. The number of H-pyrrole nitrogens is 1. The van der Waals surface area contributed by atoms with Gasteiger partial charge in [0.05, 0.1) is 21.9 Å². The molecule has 2 rings (SSSR count). The SMILES string of the molecule is O=Cc1cn[nH]c1-c1ccc(Br)c(F)c1. The Morgan fingerprint density at radius 3 is 2.93 bits per heavy atom. The smallest absolute Gasteiger partial charge is 0.153 e. The van der Waals surface area contributed by atoms with Gasteiger partial charge in [-0.05, 0) is 28.1 Å². The highest BCUT2D eigenvalue weighted by Gasteiger charge is 2.08. The summed E-state index contributed by atoms with van der Waals surface area (Å²) >= 11 is 3.06. The number of hydrogen-bond donors (Lipinski definition) is 1. The van der Waals surface area contributed by atoms with Crippen molar-refractivity contribution in [2.45, 2.75) is 0 Å². The molecule has 0 aliphatic rings. The molecule has 15 heavy (non-hydrogen) atoms. The average Bonchev–Trinajstić information content (AvgIpc) is 2.70. The van der Waals surface area contributed by atoms with E-state index >= 15 is 0 Å². The lowest BCUT2D eigenvalue weighted by molar-refractivity contribution is 0.112. The molecule has 0 atom stereocenters. The minimum Gasteiger partial charge on any atom is -0.298 e. The van der Waals surface area contributed by atoms with Crippen LogP contribution in [0, 0.1) is 5.82 Å². The first kappa shape index (κ1) is 10.0. The van der Waals surface area contributed by atoms with Gasteiger partial charge in [0.1, 0.15) is 5.82 Å². The third-order valence-electron chi connectivity index (χ3n) is 2.00. The summed E-state index contributed by atoms with van der Waals surface area (Å²) in [4.78, 5) is 10.7. The van der Waals surface area contributed by atoms with Crippen LogP contribution in [0.4, 0.5) is 4.39 Å². The van der Waals surface area contributed by atoms with Gasteiger partial charge in [0.2, 0.25) is 0 Å². The Morgan fingerprint density at radius 2 is 2.27 bits per heavy atom. The molecule has 0 saturated carbocycles. The number of carbonyl (C=O) groups is 1. The van der Waals surface area contributed by atoms with Crippen LogP contribution in [0.3, 0.4) is 0 Å². The molecule has 0 aliphatic carbocycles. The molecule has 0 radical (unpaired) electrons. The second-order valence-electron chi connectivity index (χ2n) is 2.95. The van der Waals surface area contributed by atoms with E-state index in [1.165, 1.54) is 12.3 Å². The first-order valence-corrected chi connectivity index (χ1v) is 4.95. The fourth-order valence-corrected chi connectivity index (χ4v) is 1.51. The van der Waals surface area contributed by atoms with E-state index in [1.807, 2.05) is 0 Å². The third-order valence-corrected chi connectivity index (χ3v) is 2.65. The van der Waals surface area contributed by atoms with Crippen molar-refractivity contribution in [3.05, 3.63) is 40.2 Å². The molecular formula is C10H6BrFN2O. The predicted molar refractivity (Wildman–Crippen MR) is 57.1 cm³/mol. The molecule has 0 unspecified atom stereocenters. The number of nitrogens with zero attached hydrogens (tertiary/aromatic N) is 1. The fourth-order valence-electron chi connectivity index (χ4n) is 1.27. The number of nitrogens with one attached hydrogen (secondary N) is 1. The summed E-state index contributed by atoms with van der Waals surface area (Å²) < 4.78 is 13.6. The maximum absolute atomic E-state index is 13.2. The zero-order valence-electron chi connectivity index (χ0n) is 7.50. The second-order valence-corrected chi connectivity index (χ2v) is 3.80. The highest BCUT2D eigenvalue weighted by Crippen LogP contribution is 2.24. The van der Waals surface area contributed by atoms with Gasteiger partial charge >= 0.3 is 0 Å². The molecule has 0 bridgehead atoms. The van der Waals surface area contributed by atoms with Crippen molar-refractivity contribution in [3.8, 4) is 11.3 Å². The minimum absolute atomic E-state index is 0.376. The Bertz CT molecular complexity index is 510. The molecular weight excluding hydrogens is 263 g/mol. The first-order valence-electron chi connectivity index (χ1n) is 4.16. The number of benzene rings is 1. The standard InChI is InChI=1S/C10H6BrFN2O/c11-8-2-1-6(3-9(8)12)10-7(5-15)4-13-14-10/h1-5H,(H,13,14). The van der Waals surface area contributed by atoms with Crippen molar-refractivity contribution >= 4 is 22.2 Å². The molecule has 76 valence electrons. The molecule has 1 aromatic heterocycles. The maximum Gasteiger partial charge on any atom is 0.153 e. The lowest BCUT2D eigenvalue weighted by Gasteiger charge is -2.00. The summed E-state index contributed by atoms with van der Waals surface area (Å²) in [5.41, 5.74) is 1.53. The molecule has 1 N–H and O–H groups in total. The minimum atomic E-state index is -0.376. The van der Waals surface area contributed by atoms with E-state index in [4.69, 9.17) is 0 Å². The Hall–Kier alpha value is -1.49. The average molecular weight is 269 g/mol. The number of carbonyl (C=O) groups excluding carboxylic acids is 1. The van der Waals surface area contributed by atoms with Crippen molar-refractivity contribution in [2.24, 2.45) is 0 Å². The van der Waals surface area contributed by atoms with Crippen LogP contribution in [0.5, 0.6) is 0 Å². The van der Waals surface area contributed by atoms with Gasteiger partial charge in [-0.1, -0.05) is 6.07 Å². The zero-order valence-corrected chi connectivity index (χ0v) is 9.08. The zero-order chi connectivity index (χ0) is 10.8. The van der Waals surface area contributed by atoms with Gasteiger partial charge in [-0.25, -0.2) is 4.39 Å². The van der Waals surface area contributed by atoms with Gasteiger partial charge in [-0.15, -0.1) is 0 Å². The van der Waals surface area contributed by atoms with Crippen LogP contribution in [0.25, 0.3) is 11.3 Å². The summed E-state index contributed by atoms with van der Waals surface area (Å²) in [6, 6.07) is 4.62. The fraction of sp³-hybridized carbons (Fsp3) is 0. The molecule has 0 aliphatic heterocycles. The summed E-state index contributed by atoms with van der Waals surface area (Å²) in [5.74, 6) is -0.376. The van der Waals surface area contributed by atoms with Crippen molar-refractivity contribution in [1.29, 1.82) is 0 Å². The molecule has 5 heteroatoms. The second kappa shape index (κ2) is 3.94. The van der Waals surface area contributed by atoms with E-state index < -0.39 is 0 Å². The molecule has 0 spiro atoms. The van der Waals surface area contributed by atoms with E-state index in [2.05, 4.69) is 26.1 Å². The van der Waals surface area contributed by atoms with E-state index in [9.17, 15) is 9.18 Å². The molecule has 2 aromatic rings. The highest BCUT2D eigenvalue weighted by atomic mass is 79.9. The van der Waals surface area contributed by atoms with Gasteiger partial charge in [-0.3, -0.25) is 9.89 Å². The van der Waals surface area contributed by atoms with Crippen LogP contribution in [0.15, 0.2) is 28.9 Å².